The molecular weight excluding hydrogens is 840 g/mol. The molecule has 9 heteroatoms. The van der Waals surface area contributed by atoms with Crippen LogP contribution in [0.25, 0.3) is 0 Å². The second-order valence-corrected chi connectivity index (χ2v) is 22.8. The highest BCUT2D eigenvalue weighted by Gasteiger charge is 2.23. The lowest BCUT2D eigenvalue weighted by Crippen LogP contribution is -2.45. The highest BCUT2D eigenvalue weighted by Crippen LogP contribution is 2.38. The number of hydrogen-bond donors (Lipinski definition) is 2. The first-order valence-electron chi connectivity index (χ1n) is 29.1. The molecule has 0 spiro atoms. The normalized spacial score (nSPS) is 14.0. The van der Waals surface area contributed by atoms with Crippen molar-refractivity contribution >= 4 is 13.7 Å². The van der Waals surface area contributed by atoms with Gasteiger partial charge in [0.25, 0.3) is 7.82 Å². The van der Waals surface area contributed by atoms with Crippen LogP contribution in [0.5, 0.6) is 0 Å². The summed E-state index contributed by atoms with van der Waals surface area (Å²) < 4.78 is 23.0. The van der Waals surface area contributed by atoms with Gasteiger partial charge in [0.2, 0.25) is 5.91 Å². The van der Waals surface area contributed by atoms with Crippen molar-refractivity contribution < 1.29 is 32.9 Å². The fourth-order valence-electron chi connectivity index (χ4n) is 8.91. The molecule has 2 N–H and O–H groups in total. The van der Waals surface area contributed by atoms with E-state index in [1.807, 2.05) is 27.2 Å². The van der Waals surface area contributed by atoms with Crippen LogP contribution in [-0.4, -0.2) is 68.5 Å². The molecule has 0 radical (unpaired) electrons. The zero-order chi connectivity index (χ0) is 48.5. The van der Waals surface area contributed by atoms with Crippen LogP contribution in [0.3, 0.4) is 0 Å². The van der Waals surface area contributed by atoms with Gasteiger partial charge in [-0.1, -0.05) is 289 Å². The van der Waals surface area contributed by atoms with Gasteiger partial charge in [-0.05, 0) is 12.8 Å². The average molecular weight is 956 g/mol. The lowest BCUT2D eigenvalue weighted by molar-refractivity contribution is -0.870. The summed E-state index contributed by atoms with van der Waals surface area (Å²) in [5.74, 6) is -0.201. The van der Waals surface area contributed by atoms with Crippen LogP contribution in [0.4, 0.5) is 0 Å². The summed E-state index contributed by atoms with van der Waals surface area (Å²) in [6.45, 7) is 4.52. The molecule has 0 aromatic carbocycles. The van der Waals surface area contributed by atoms with Crippen molar-refractivity contribution in [2.24, 2.45) is 0 Å². The van der Waals surface area contributed by atoms with Crippen molar-refractivity contribution in [1.29, 1.82) is 0 Å². The molecule has 0 saturated heterocycles. The molecule has 0 aliphatic heterocycles. The Kier molecular flexibility index (Phi) is 48.7. The Morgan fingerprint density at radius 1 is 0.515 bits per heavy atom. The number of nitrogens with one attached hydrogen (secondary N) is 1. The molecule has 1 amide bonds. The van der Waals surface area contributed by atoms with E-state index in [0.717, 1.165) is 38.5 Å². The monoisotopic (exact) mass is 955 g/mol. The van der Waals surface area contributed by atoms with Crippen molar-refractivity contribution in [2.75, 3.05) is 40.9 Å². The van der Waals surface area contributed by atoms with Crippen LogP contribution in [0.15, 0.2) is 12.2 Å². The topological polar surface area (TPSA) is 108 Å². The third kappa shape index (κ3) is 51.1. The summed E-state index contributed by atoms with van der Waals surface area (Å²) in [7, 11) is 1.27. The molecule has 0 aliphatic carbocycles. The van der Waals surface area contributed by atoms with E-state index < -0.39 is 20.0 Å². The number of aliphatic hydroxyl groups is 1. The number of phosphoric ester groups is 1. The van der Waals surface area contributed by atoms with Gasteiger partial charge in [-0.15, -0.1) is 0 Å². The van der Waals surface area contributed by atoms with Crippen molar-refractivity contribution in [3.63, 3.8) is 0 Å². The molecule has 0 rings (SSSR count). The van der Waals surface area contributed by atoms with E-state index in [-0.39, 0.29) is 19.1 Å². The molecule has 0 bridgehead atoms. The number of rotatable bonds is 54. The van der Waals surface area contributed by atoms with Gasteiger partial charge in [-0.2, -0.15) is 0 Å². The number of carbonyl (C=O) groups is 1. The number of hydrogen-bond acceptors (Lipinski definition) is 6. The van der Waals surface area contributed by atoms with Gasteiger partial charge in [-0.25, -0.2) is 0 Å². The van der Waals surface area contributed by atoms with E-state index in [2.05, 4.69) is 19.2 Å². The Bertz CT molecular complexity index is 1080. The van der Waals surface area contributed by atoms with Crippen LogP contribution in [0.2, 0.25) is 0 Å². The van der Waals surface area contributed by atoms with Crippen LogP contribution in [-0.2, 0) is 18.4 Å². The smallest absolute Gasteiger partial charge is 0.268 e. The van der Waals surface area contributed by atoms with Gasteiger partial charge in [-0.3, -0.25) is 9.36 Å². The molecule has 0 aliphatic rings. The van der Waals surface area contributed by atoms with Gasteiger partial charge < -0.3 is 28.8 Å². The van der Waals surface area contributed by atoms with E-state index in [0.29, 0.717) is 17.4 Å². The summed E-state index contributed by atoms with van der Waals surface area (Å²) in [6.07, 6.45) is 61.3. The van der Waals surface area contributed by atoms with Crippen molar-refractivity contribution in [2.45, 2.75) is 309 Å². The fraction of sp³-hybridized carbons (Fsp3) is 0.947. The Morgan fingerprint density at radius 2 is 0.818 bits per heavy atom. The number of likely N-dealkylation sites (N-methyl/N-ethyl adjacent to an activating group) is 1. The predicted octanol–water partition coefficient (Wildman–Crippen LogP) is 16.8. The molecule has 0 saturated carbocycles. The molecule has 394 valence electrons. The minimum Gasteiger partial charge on any atom is -0.756 e. The number of carbonyl (C=O) groups excluding carboxylic acids is 1. The molecule has 66 heavy (non-hydrogen) atoms. The second kappa shape index (κ2) is 49.2. The standard InChI is InChI=1S/C57H115N2O6P/c1-6-8-10-12-13-14-15-16-17-18-19-20-21-22-23-24-25-26-27-28-29-30-31-32-33-34-35-36-37-38-39-40-41-42-43-44-45-46-47-49-51-57(61)58-55(56(60)50-48-11-9-7-2)54-65-66(62,63)64-53-52-59(3,4)5/h48,50,55-56,60H,6-47,49,51-54H2,1-5H3,(H-,58,61,62,63)/b50-48+. The molecular formula is C57H115N2O6P. The molecule has 0 fully saturated rings. The lowest BCUT2D eigenvalue weighted by Gasteiger charge is -2.29. The number of allylic oxidation sites excluding steroid dienone is 1. The molecule has 8 nitrogen and oxygen atoms in total. The van der Waals surface area contributed by atoms with Crippen LogP contribution >= 0.6 is 7.82 Å². The van der Waals surface area contributed by atoms with Crippen molar-refractivity contribution in [3.8, 4) is 0 Å². The van der Waals surface area contributed by atoms with Crippen molar-refractivity contribution in [1.82, 2.24) is 5.32 Å². The van der Waals surface area contributed by atoms with Gasteiger partial charge in [0.15, 0.2) is 0 Å². The highest BCUT2D eigenvalue weighted by atomic mass is 31.2. The predicted molar refractivity (Wildman–Crippen MR) is 284 cm³/mol. The fourth-order valence-corrected chi connectivity index (χ4v) is 9.63. The molecule has 3 unspecified atom stereocenters. The SMILES string of the molecule is CCCC/C=C/C(O)C(COP(=O)([O-])OCC[N+](C)(C)C)NC(=O)CCCCCCCCCCCCCCCCCCCCCCCCCCCCCCCCCCCCCCCCCC. The number of quaternary nitrogens is 1. The number of nitrogens with zero attached hydrogens (tertiary/aromatic N) is 1. The lowest BCUT2D eigenvalue weighted by atomic mass is 10.0. The average Bonchev–Trinajstić information content (AvgIpc) is 3.28. The quantitative estimate of drug-likeness (QED) is 0.0272. The number of phosphoric acid groups is 1. The van der Waals surface area contributed by atoms with Gasteiger partial charge >= 0.3 is 0 Å². The Morgan fingerprint density at radius 3 is 1.12 bits per heavy atom. The summed E-state index contributed by atoms with van der Waals surface area (Å²) >= 11 is 0. The van der Waals surface area contributed by atoms with Crippen molar-refractivity contribution in [3.05, 3.63) is 12.2 Å². The maximum absolute atomic E-state index is 12.8. The second-order valence-electron chi connectivity index (χ2n) is 21.4. The largest absolute Gasteiger partial charge is 0.756 e. The summed E-state index contributed by atoms with van der Waals surface area (Å²) in [5.41, 5.74) is 0. The maximum atomic E-state index is 12.8. The van der Waals surface area contributed by atoms with Gasteiger partial charge in [0.05, 0.1) is 39.9 Å². The third-order valence-electron chi connectivity index (χ3n) is 13.5. The van der Waals surface area contributed by atoms with E-state index in [1.165, 1.54) is 238 Å². The number of unbranched alkanes of at least 4 members (excludes halogenated alkanes) is 41. The first-order chi connectivity index (χ1) is 32.0. The Balaban J connectivity index is 3.57. The molecule has 0 heterocycles. The van der Waals surface area contributed by atoms with E-state index in [9.17, 15) is 19.4 Å². The number of amides is 1. The summed E-state index contributed by atoms with van der Waals surface area (Å²) in [5, 5.41) is 13.5. The van der Waals surface area contributed by atoms with E-state index >= 15 is 0 Å². The minimum absolute atomic E-state index is 0.000572. The molecule has 3 atom stereocenters. The third-order valence-corrected chi connectivity index (χ3v) is 14.5. The van der Waals surface area contributed by atoms with Gasteiger partial charge in [0, 0.05) is 6.42 Å². The molecule has 0 aromatic rings. The number of aliphatic hydroxyl groups excluding tert-OH is 1. The van der Waals surface area contributed by atoms with E-state index in [4.69, 9.17) is 9.05 Å². The van der Waals surface area contributed by atoms with Crippen LogP contribution < -0.4 is 10.2 Å². The summed E-state index contributed by atoms with van der Waals surface area (Å²) in [4.78, 5) is 25.1. The first-order valence-corrected chi connectivity index (χ1v) is 30.5. The minimum atomic E-state index is -4.57. The maximum Gasteiger partial charge on any atom is 0.268 e. The van der Waals surface area contributed by atoms with Crippen LogP contribution in [0, 0.1) is 0 Å². The highest BCUT2D eigenvalue weighted by molar-refractivity contribution is 7.45. The van der Waals surface area contributed by atoms with Gasteiger partial charge in [0.1, 0.15) is 13.2 Å². The first kappa shape index (κ1) is 65.2. The zero-order valence-electron chi connectivity index (χ0n) is 44.9. The zero-order valence-corrected chi connectivity index (χ0v) is 45.8. The van der Waals surface area contributed by atoms with Crippen LogP contribution in [0.1, 0.15) is 296 Å². The Labute approximate surface area is 412 Å². The van der Waals surface area contributed by atoms with E-state index in [1.54, 1.807) is 6.08 Å². The molecule has 0 aromatic heterocycles. The summed E-state index contributed by atoms with van der Waals surface area (Å²) in [6, 6.07) is -0.878. The Hall–Kier alpha value is -0.760.